The van der Waals surface area contributed by atoms with Crippen LogP contribution in [0.2, 0.25) is 0 Å². The highest BCUT2D eigenvalue weighted by Gasteiger charge is 2.34. The van der Waals surface area contributed by atoms with Crippen molar-refractivity contribution in [2.24, 2.45) is 0 Å². The maximum absolute atomic E-state index is 13.4. The van der Waals surface area contributed by atoms with Gasteiger partial charge < -0.3 is 10.6 Å². The van der Waals surface area contributed by atoms with Crippen LogP contribution in [0.5, 0.6) is 0 Å². The molecule has 2 aromatic carbocycles. The quantitative estimate of drug-likeness (QED) is 0.541. The first kappa shape index (κ1) is 22.6. The molecule has 2 N–H and O–H groups in total. The minimum absolute atomic E-state index is 0.109. The molecule has 8 heteroatoms. The second-order valence-corrected chi connectivity index (χ2v) is 8.41. The van der Waals surface area contributed by atoms with Gasteiger partial charge >= 0.3 is 6.18 Å². The van der Waals surface area contributed by atoms with E-state index in [1.54, 1.807) is 36.4 Å². The Labute approximate surface area is 189 Å². The van der Waals surface area contributed by atoms with Crippen molar-refractivity contribution in [1.82, 2.24) is 10.3 Å². The molecular formula is C25H23F3N4O. The number of hydrogen-bond donors (Lipinski definition) is 2. The molecule has 1 saturated carbocycles. The minimum atomic E-state index is -4.55. The molecule has 1 aliphatic rings. The zero-order valence-corrected chi connectivity index (χ0v) is 18.0. The number of alkyl halides is 3. The first-order valence-corrected chi connectivity index (χ1v) is 10.8. The Hall–Kier alpha value is -3.60. The Balaban J connectivity index is 1.54. The lowest BCUT2D eigenvalue weighted by Gasteiger charge is -2.31. The molecule has 1 heterocycles. The van der Waals surface area contributed by atoms with Crippen LogP contribution in [0.3, 0.4) is 0 Å². The minimum Gasteiger partial charge on any atom is -0.382 e. The van der Waals surface area contributed by atoms with Gasteiger partial charge in [0, 0.05) is 23.2 Å². The molecule has 1 amide bonds. The van der Waals surface area contributed by atoms with Crippen LogP contribution in [-0.2, 0) is 6.18 Å². The number of hydrogen-bond acceptors (Lipinski definition) is 4. The summed E-state index contributed by atoms with van der Waals surface area (Å²) < 4.78 is 40.3. The van der Waals surface area contributed by atoms with Crippen LogP contribution < -0.4 is 10.6 Å². The zero-order chi connectivity index (χ0) is 23.6. The summed E-state index contributed by atoms with van der Waals surface area (Å²) in [4.78, 5) is 16.5. The van der Waals surface area contributed by atoms with E-state index in [1.807, 2.05) is 19.1 Å². The third-order valence-corrected chi connectivity index (χ3v) is 5.92. The fourth-order valence-electron chi connectivity index (χ4n) is 4.32. The summed E-state index contributed by atoms with van der Waals surface area (Å²) in [5.74, 6) is -0.317. The average molecular weight is 452 g/mol. The summed E-state index contributed by atoms with van der Waals surface area (Å²) in [5, 5.41) is 16.1. The van der Waals surface area contributed by atoms with E-state index < -0.39 is 11.9 Å². The molecule has 2 atom stereocenters. The van der Waals surface area contributed by atoms with Crippen molar-refractivity contribution < 1.29 is 18.0 Å². The van der Waals surface area contributed by atoms with Gasteiger partial charge in [0.05, 0.1) is 22.7 Å². The zero-order valence-electron chi connectivity index (χ0n) is 18.0. The molecular weight excluding hydrogens is 429 g/mol. The molecule has 0 bridgehead atoms. The van der Waals surface area contributed by atoms with E-state index in [1.165, 1.54) is 0 Å². The van der Waals surface area contributed by atoms with E-state index >= 15 is 0 Å². The molecule has 1 aliphatic carbocycles. The van der Waals surface area contributed by atoms with Crippen molar-refractivity contribution in [1.29, 1.82) is 5.26 Å². The largest absolute Gasteiger partial charge is 0.433 e. The van der Waals surface area contributed by atoms with E-state index in [-0.39, 0.29) is 23.5 Å². The topological polar surface area (TPSA) is 77.8 Å². The molecule has 0 saturated heterocycles. The van der Waals surface area contributed by atoms with Crippen molar-refractivity contribution in [2.75, 3.05) is 5.32 Å². The van der Waals surface area contributed by atoms with Crippen molar-refractivity contribution >= 4 is 22.5 Å². The normalized spacial score (nSPS) is 18.5. The summed E-state index contributed by atoms with van der Waals surface area (Å²) >= 11 is 0. The summed E-state index contributed by atoms with van der Waals surface area (Å²) in [6.45, 7) is 1.88. The molecule has 1 fully saturated rings. The van der Waals surface area contributed by atoms with Gasteiger partial charge in [-0.25, -0.2) is 4.98 Å². The summed E-state index contributed by atoms with van der Waals surface area (Å²) in [5.41, 5.74) is 1.29. The average Bonchev–Trinajstić information content (AvgIpc) is 2.78. The number of aromatic nitrogens is 1. The van der Waals surface area contributed by atoms with E-state index in [0.29, 0.717) is 28.6 Å². The first-order chi connectivity index (χ1) is 15.7. The van der Waals surface area contributed by atoms with Crippen LogP contribution in [0.15, 0.2) is 48.5 Å². The highest BCUT2D eigenvalue weighted by Crippen LogP contribution is 2.34. The smallest absolute Gasteiger partial charge is 0.382 e. The van der Waals surface area contributed by atoms with E-state index in [4.69, 9.17) is 0 Å². The Morgan fingerprint density at radius 1 is 1.12 bits per heavy atom. The molecule has 5 nitrogen and oxygen atoms in total. The van der Waals surface area contributed by atoms with Crippen LogP contribution in [0, 0.1) is 18.3 Å². The Bertz CT molecular complexity index is 1230. The molecule has 0 aliphatic heterocycles. The first-order valence-electron chi connectivity index (χ1n) is 10.8. The number of fused-ring (bicyclic) bond motifs is 1. The number of rotatable bonds is 4. The molecule has 1 unspecified atom stereocenters. The monoisotopic (exact) mass is 452 g/mol. The number of nitriles is 1. The number of aryl methyl sites for hydroxylation is 1. The van der Waals surface area contributed by atoms with Gasteiger partial charge in [0.1, 0.15) is 5.69 Å². The Morgan fingerprint density at radius 3 is 2.64 bits per heavy atom. The molecule has 170 valence electrons. The maximum atomic E-state index is 13.4. The lowest BCUT2D eigenvalue weighted by molar-refractivity contribution is -0.140. The number of nitrogens with one attached hydrogen (secondary N) is 2. The molecule has 33 heavy (non-hydrogen) atoms. The predicted molar refractivity (Wildman–Crippen MR) is 120 cm³/mol. The van der Waals surface area contributed by atoms with Gasteiger partial charge in [-0.3, -0.25) is 4.79 Å². The van der Waals surface area contributed by atoms with Crippen LogP contribution in [-0.4, -0.2) is 23.0 Å². The number of nitrogens with zero attached hydrogens (tertiary/aromatic N) is 2. The lowest BCUT2D eigenvalue weighted by atomic mass is 9.90. The fraction of sp³-hybridized carbons (Fsp3) is 0.320. The SMILES string of the molecule is Cc1ccc2nc(C(F)(F)F)cc(N[C@H]3CCCC(NC(=O)c4ccccc4C#N)C3)c2c1. The van der Waals surface area contributed by atoms with Crippen molar-refractivity contribution in [2.45, 2.75) is 50.9 Å². The van der Waals surface area contributed by atoms with Crippen LogP contribution in [0.1, 0.15) is 52.9 Å². The third kappa shape index (κ3) is 5.08. The summed E-state index contributed by atoms with van der Waals surface area (Å²) in [7, 11) is 0. The van der Waals surface area contributed by atoms with Crippen LogP contribution in [0.25, 0.3) is 10.9 Å². The molecule has 4 rings (SSSR count). The van der Waals surface area contributed by atoms with Gasteiger partial charge in [-0.2, -0.15) is 18.4 Å². The van der Waals surface area contributed by atoms with Crippen molar-refractivity contribution in [3.8, 4) is 6.07 Å². The molecule has 0 spiro atoms. The van der Waals surface area contributed by atoms with Gasteiger partial charge in [-0.1, -0.05) is 23.8 Å². The van der Waals surface area contributed by atoms with Gasteiger partial charge in [0.25, 0.3) is 5.91 Å². The Morgan fingerprint density at radius 2 is 1.88 bits per heavy atom. The number of carbonyl (C=O) groups is 1. The fourth-order valence-corrected chi connectivity index (χ4v) is 4.32. The molecule has 3 aromatic rings. The summed E-state index contributed by atoms with van der Waals surface area (Å²) in [6.07, 6.45) is -1.62. The van der Waals surface area contributed by atoms with Gasteiger partial charge in [0.2, 0.25) is 0 Å². The number of pyridine rings is 1. The number of anilines is 1. The van der Waals surface area contributed by atoms with Crippen LogP contribution in [0.4, 0.5) is 18.9 Å². The number of amides is 1. The predicted octanol–water partition coefficient (Wildman–Crippen LogP) is 5.59. The number of halogens is 3. The van der Waals surface area contributed by atoms with Crippen LogP contribution >= 0.6 is 0 Å². The Kier molecular flexibility index (Phi) is 6.23. The van der Waals surface area contributed by atoms with Gasteiger partial charge in [-0.15, -0.1) is 0 Å². The van der Waals surface area contributed by atoms with Crippen molar-refractivity contribution in [3.05, 3.63) is 70.9 Å². The second-order valence-electron chi connectivity index (χ2n) is 8.41. The standard InChI is InChI=1S/C25H23F3N4O/c1-15-9-10-21-20(11-15)22(13-23(32-21)25(26,27)28)30-17-6-4-7-18(12-17)31-24(33)19-8-3-2-5-16(19)14-29/h2-3,5,8-11,13,17-18H,4,6-7,12H2,1H3,(H,30,32)(H,31,33)/t17-,18?/m0/s1. The number of carbonyl (C=O) groups excluding carboxylic acids is 1. The lowest BCUT2D eigenvalue weighted by Crippen LogP contribution is -2.42. The van der Waals surface area contributed by atoms with E-state index in [0.717, 1.165) is 30.9 Å². The van der Waals surface area contributed by atoms with Gasteiger partial charge in [0.15, 0.2) is 0 Å². The van der Waals surface area contributed by atoms with Gasteiger partial charge in [-0.05, 0) is 62.9 Å². The molecule has 1 aromatic heterocycles. The van der Waals surface area contributed by atoms with E-state index in [9.17, 15) is 23.2 Å². The summed E-state index contributed by atoms with van der Waals surface area (Å²) in [6, 6.07) is 14.6. The third-order valence-electron chi connectivity index (χ3n) is 5.92. The number of benzene rings is 2. The second kappa shape index (κ2) is 9.10. The molecule has 0 radical (unpaired) electrons. The maximum Gasteiger partial charge on any atom is 0.433 e. The van der Waals surface area contributed by atoms with E-state index in [2.05, 4.69) is 15.6 Å². The highest BCUT2D eigenvalue weighted by atomic mass is 19.4. The highest BCUT2D eigenvalue weighted by molar-refractivity contribution is 5.96. The van der Waals surface area contributed by atoms with Crippen molar-refractivity contribution in [3.63, 3.8) is 0 Å².